The van der Waals surface area contributed by atoms with Gasteiger partial charge in [0, 0.05) is 12.3 Å². The van der Waals surface area contributed by atoms with Crippen LogP contribution in [-0.4, -0.2) is 5.78 Å². The Kier molecular flexibility index (Phi) is 2.08. The van der Waals surface area contributed by atoms with Gasteiger partial charge in [-0.25, -0.2) is 0 Å². The van der Waals surface area contributed by atoms with E-state index in [1.165, 1.54) is 0 Å². The summed E-state index contributed by atoms with van der Waals surface area (Å²) in [6.07, 6.45) is 1.85. The van der Waals surface area contributed by atoms with Crippen molar-refractivity contribution in [1.82, 2.24) is 0 Å². The molecule has 2 unspecified atom stereocenters. The monoisotopic (exact) mass is 154 g/mol. The van der Waals surface area contributed by atoms with Crippen LogP contribution in [0.5, 0.6) is 0 Å². The van der Waals surface area contributed by atoms with Crippen LogP contribution in [-0.2, 0) is 4.79 Å². The van der Waals surface area contributed by atoms with Gasteiger partial charge in [0.25, 0.3) is 0 Å². The Morgan fingerprint density at radius 2 is 2.00 bits per heavy atom. The Balaban J connectivity index is 2.44. The fourth-order valence-corrected chi connectivity index (χ4v) is 1.77. The summed E-state index contributed by atoms with van der Waals surface area (Å²) in [7, 11) is 0. The molecule has 1 aliphatic rings. The highest BCUT2D eigenvalue weighted by atomic mass is 16.1. The third-order valence-corrected chi connectivity index (χ3v) is 2.66. The van der Waals surface area contributed by atoms with Crippen LogP contribution in [0.2, 0.25) is 0 Å². The molecule has 0 saturated heterocycles. The van der Waals surface area contributed by atoms with Crippen molar-refractivity contribution in [3.8, 4) is 0 Å². The molecule has 1 saturated carbocycles. The van der Waals surface area contributed by atoms with Crippen LogP contribution in [0.3, 0.4) is 0 Å². The number of hydrogen-bond donors (Lipinski definition) is 0. The van der Waals surface area contributed by atoms with Crippen molar-refractivity contribution in [2.24, 2.45) is 17.3 Å². The van der Waals surface area contributed by atoms with E-state index in [0.29, 0.717) is 23.0 Å². The molecule has 0 aromatic rings. The van der Waals surface area contributed by atoms with Crippen molar-refractivity contribution < 1.29 is 4.79 Å². The minimum absolute atomic E-state index is 0.343. The second-order valence-corrected chi connectivity index (χ2v) is 4.63. The van der Waals surface area contributed by atoms with Gasteiger partial charge in [0.2, 0.25) is 0 Å². The number of carbonyl (C=O) groups is 1. The quantitative estimate of drug-likeness (QED) is 0.597. The minimum atomic E-state index is 0.343. The highest BCUT2D eigenvalue weighted by molar-refractivity contribution is 5.83. The second kappa shape index (κ2) is 2.62. The van der Waals surface area contributed by atoms with Crippen molar-refractivity contribution in [3.63, 3.8) is 0 Å². The summed E-state index contributed by atoms with van der Waals surface area (Å²) < 4.78 is 0. The van der Waals surface area contributed by atoms with Gasteiger partial charge in [-0.3, -0.25) is 4.79 Å². The Hall–Kier alpha value is -0.330. The van der Waals surface area contributed by atoms with E-state index in [-0.39, 0.29) is 0 Å². The molecule has 0 heterocycles. The fourth-order valence-electron chi connectivity index (χ4n) is 1.77. The minimum Gasteiger partial charge on any atom is -0.299 e. The Bertz CT molecular complexity index is 164. The molecule has 11 heavy (non-hydrogen) atoms. The van der Waals surface area contributed by atoms with Crippen molar-refractivity contribution in [2.45, 2.75) is 40.5 Å². The summed E-state index contributed by atoms with van der Waals surface area (Å²) in [6, 6.07) is 0. The standard InChI is InChI=1S/C10H18O/c1-5-9(11)7-6-8(7)10(2,3)4/h7-8H,5-6H2,1-4H3. The van der Waals surface area contributed by atoms with Gasteiger partial charge in [-0.2, -0.15) is 0 Å². The summed E-state index contributed by atoms with van der Waals surface area (Å²) in [4.78, 5) is 11.2. The van der Waals surface area contributed by atoms with E-state index in [4.69, 9.17) is 0 Å². The molecular formula is C10H18O. The largest absolute Gasteiger partial charge is 0.299 e. The lowest BCUT2D eigenvalue weighted by molar-refractivity contribution is -0.120. The first-order valence-electron chi connectivity index (χ1n) is 4.49. The van der Waals surface area contributed by atoms with Gasteiger partial charge in [-0.15, -0.1) is 0 Å². The van der Waals surface area contributed by atoms with E-state index in [2.05, 4.69) is 20.8 Å². The lowest BCUT2D eigenvalue weighted by Crippen LogP contribution is -2.12. The van der Waals surface area contributed by atoms with E-state index < -0.39 is 0 Å². The van der Waals surface area contributed by atoms with E-state index in [1.54, 1.807) is 0 Å². The van der Waals surface area contributed by atoms with Gasteiger partial charge in [-0.05, 0) is 17.8 Å². The van der Waals surface area contributed by atoms with Crippen LogP contribution in [0.1, 0.15) is 40.5 Å². The van der Waals surface area contributed by atoms with Crippen molar-refractivity contribution in [1.29, 1.82) is 0 Å². The molecule has 1 fully saturated rings. The van der Waals surface area contributed by atoms with Crippen molar-refractivity contribution >= 4 is 5.78 Å². The highest BCUT2D eigenvalue weighted by Crippen LogP contribution is 2.51. The van der Waals surface area contributed by atoms with Gasteiger partial charge < -0.3 is 0 Å². The molecule has 0 N–H and O–H groups in total. The maximum atomic E-state index is 11.2. The van der Waals surface area contributed by atoms with E-state index in [9.17, 15) is 4.79 Å². The van der Waals surface area contributed by atoms with Crippen LogP contribution in [0.15, 0.2) is 0 Å². The number of hydrogen-bond acceptors (Lipinski definition) is 1. The topological polar surface area (TPSA) is 17.1 Å². The third-order valence-electron chi connectivity index (χ3n) is 2.66. The zero-order valence-corrected chi connectivity index (χ0v) is 7.98. The van der Waals surface area contributed by atoms with Crippen LogP contribution in [0, 0.1) is 17.3 Å². The van der Waals surface area contributed by atoms with Gasteiger partial charge >= 0.3 is 0 Å². The Morgan fingerprint density at radius 1 is 1.45 bits per heavy atom. The van der Waals surface area contributed by atoms with Crippen LogP contribution in [0.4, 0.5) is 0 Å². The van der Waals surface area contributed by atoms with Gasteiger partial charge in [-0.1, -0.05) is 27.7 Å². The second-order valence-electron chi connectivity index (χ2n) is 4.63. The molecule has 0 spiro atoms. The summed E-state index contributed by atoms with van der Waals surface area (Å²) >= 11 is 0. The van der Waals surface area contributed by atoms with E-state index >= 15 is 0 Å². The maximum absolute atomic E-state index is 11.2. The molecule has 0 aliphatic heterocycles. The SMILES string of the molecule is CCC(=O)C1CC1C(C)(C)C. The first kappa shape index (κ1) is 8.76. The maximum Gasteiger partial charge on any atom is 0.136 e. The molecule has 1 heteroatoms. The number of carbonyl (C=O) groups excluding carboxylic acids is 1. The first-order valence-corrected chi connectivity index (χ1v) is 4.49. The predicted molar refractivity (Wildman–Crippen MR) is 46.4 cm³/mol. The number of rotatable bonds is 2. The van der Waals surface area contributed by atoms with Gasteiger partial charge in [0.15, 0.2) is 0 Å². The number of Topliss-reactive ketones (excluding diaryl/α,β-unsaturated/α-hetero) is 1. The fraction of sp³-hybridized carbons (Fsp3) is 0.900. The lowest BCUT2D eigenvalue weighted by atomic mass is 9.88. The average Bonchev–Trinajstić information content (AvgIpc) is 2.62. The van der Waals surface area contributed by atoms with Gasteiger partial charge in [0.1, 0.15) is 5.78 Å². The summed E-state index contributed by atoms with van der Waals surface area (Å²) in [5.74, 6) is 1.53. The van der Waals surface area contributed by atoms with Gasteiger partial charge in [0.05, 0.1) is 0 Å². The smallest absolute Gasteiger partial charge is 0.136 e. The molecule has 0 amide bonds. The van der Waals surface area contributed by atoms with E-state index in [1.807, 2.05) is 6.92 Å². The van der Waals surface area contributed by atoms with Crippen molar-refractivity contribution in [2.75, 3.05) is 0 Å². The molecular weight excluding hydrogens is 136 g/mol. The molecule has 0 radical (unpaired) electrons. The molecule has 2 atom stereocenters. The summed E-state index contributed by atoms with van der Waals surface area (Å²) in [6.45, 7) is 8.63. The molecule has 0 bridgehead atoms. The molecule has 64 valence electrons. The first-order chi connectivity index (χ1) is 4.96. The molecule has 1 nitrogen and oxygen atoms in total. The third kappa shape index (κ3) is 1.82. The van der Waals surface area contributed by atoms with Crippen molar-refractivity contribution in [3.05, 3.63) is 0 Å². The lowest BCUT2D eigenvalue weighted by Gasteiger charge is -2.17. The Labute approximate surface area is 69.2 Å². The van der Waals surface area contributed by atoms with Crippen LogP contribution < -0.4 is 0 Å². The molecule has 0 aromatic heterocycles. The Morgan fingerprint density at radius 3 is 2.27 bits per heavy atom. The van der Waals surface area contributed by atoms with Crippen LogP contribution in [0.25, 0.3) is 0 Å². The zero-order valence-electron chi connectivity index (χ0n) is 7.98. The summed E-state index contributed by atoms with van der Waals surface area (Å²) in [5, 5.41) is 0. The summed E-state index contributed by atoms with van der Waals surface area (Å²) in [5.41, 5.74) is 0.343. The molecule has 0 aromatic carbocycles. The average molecular weight is 154 g/mol. The number of ketones is 1. The zero-order chi connectivity index (χ0) is 8.65. The van der Waals surface area contributed by atoms with Crippen LogP contribution >= 0.6 is 0 Å². The highest BCUT2D eigenvalue weighted by Gasteiger charge is 2.48. The predicted octanol–water partition coefficient (Wildman–Crippen LogP) is 2.65. The normalized spacial score (nSPS) is 30.2. The molecule has 1 aliphatic carbocycles. The van der Waals surface area contributed by atoms with E-state index in [0.717, 1.165) is 12.8 Å². The molecule has 1 rings (SSSR count).